The molecular formula is C28H27FN6O3S. The minimum atomic E-state index is -0.552. The van der Waals surface area contributed by atoms with Crippen LogP contribution in [-0.2, 0) is 16.1 Å². The van der Waals surface area contributed by atoms with Crippen molar-refractivity contribution >= 4 is 39.7 Å². The maximum Gasteiger partial charge on any atom is 0.274 e. The van der Waals surface area contributed by atoms with E-state index in [0.717, 1.165) is 36.5 Å². The molecule has 3 aromatic heterocycles. The molecule has 4 aromatic rings. The van der Waals surface area contributed by atoms with Crippen molar-refractivity contribution < 1.29 is 18.7 Å². The molecule has 2 aliphatic heterocycles. The number of nitrogens with one attached hydrogen (secondary N) is 2. The largest absolute Gasteiger partial charge is 0.380 e. The Morgan fingerprint density at radius 2 is 1.97 bits per heavy atom. The molecule has 2 fully saturated rings. The van der Waals surface area contributed by atoms with Crippen LogP contribution in [0.5, 0.6) is 0 Å². The summed E-state index contributed by atoms with van der Waals surface area (Å²) in [5.41, 5.74) is 3.92. The van der Waals surface area contributed by atoms with Crippen LogP contribution in [0, 0.1) is 11.9 Å². The van der Waals surface area contributed by atoms with Gasteiger partial charge >= 0.3 is 0 Å². The van der Waals surface area contributed by atoms with Gasteiger partial charge in [-0.3, -0.25) is 14.9 Å². The number of amides is 2. The quantitative estimate of drug-likeness (QED) is 0.311. The fourth-order valence-corrected chi connectivity index (χ4v) is 5.66. The van der Waals surface area contributed by atoms with Crippen LogP contribution in [0.25, 0.3) is 0 Å². The fraction of sp³-hybridized carbons (Fsp3) is 0.286. The van der Waals surface area contributed by atoms with E-state index in [2.05, 4.69) is 20.5 Å². The first-order valence-electron chi connectivity index (χ1n) is 12.8. The summed E-state index contributed by atoms with van der Waals surface area (Å²) in [5, 5.41) is 8.39. The first-order valence-corrected chi connectivity index (χ1v) is 13.7. The molecule has 1 atom stereocenters. The van der Waals surface area contributed by atoms with Gasteiger partial charge in [-0.15, -0.1) is 11.3 Å². The van der Waals surface area contributed by atoms with Gasteiger partial charge in [-0.2, -0.15) is 4.39 Å². The molecule has 0 bridgehead atoms. The normalized spacial score (nSPS) is 17.2. The molecule has 0 saturated carbocycles. The van der Waals surface area contributed by atoms with Crippen LogP contribution < -0.4 is 15.5 Å². The first-order chi connectivity index (χ1) is 19.0. The predicted octanol–water partition coefficient (Wildman–Crippen LogP) is 4.71. The van der Waals surface area contributed by atoms with Gasteiger partial charge < -0.3 is 19.5 Å². The zero-order chi connectivity index (χ0) is 26.8. The molecule has 39 heavy (non-hydrogen) atoms. The summed E-state index contributed by atoms with van der Waals surface area (Å²) in [6, 6.07) is 14.6. The Bertz CT molecular complexity index is 1480. The lowest BCUT2D eigenvalue weighted by Gasteiger charge is -2.26. The van der Waals surface area contributed by atoms with Gasteiger partial charge in [0.25, 0.3) is 5.91 Å². The summed E-state index contributed by atoms with van der Waals surface area (Å²) in [7, 11) is 0. The molecule has 2 amide bonds. The molecule has 0 unspecified atom stereocenters. The minimum absolute atomic E-state index is 0.0105. The van der Waals surface area contributed by atoms with E-state index >= 15 is 0 Å². The first kappa shape index (κ1) is 25.2. The topological polar surface area (TPSA) is 101 Å². The third-order valence-corrected chi connectivity index (χ3v) is 7.79. The SMILES string of the molecule is O=C(Nc1nc([C@H]2CCCN2c2ccc(NC(=O)C3COC3)cc2)cs1)c1cccn1Cc1ccnc(F)c1. The van der Waals surface area contributed by atoms with E-state index in [1.54, 1.807) is 29.0 Å². The molecule has 6 rings (SSSR count). The predicted molar refractivity (Wildman–Crippen MR) is 146 cm³/mol. The summed E-state index contributed by atoms with van der Waals surface area (Å²) < 4.78 is 20.3. The van der Waals surface area contributed by atoms with Crippen molar-refractivity contribution in [2.24, 2.45) is 5.92 Å². The van der Waals surface area contributed by atoms with E-state index in [4.69, 9.17) is 9.72 Å². The zero-order valence-electron chi connectivity index (χ0n) is 21.0. The number of anilines is 3. The molecule has 0 radical (unpaired) electrons. The summed E-state index contributed by atoms with van der Waals surface area (Å²) in [6.45, 7) is 2.22. The second-order valence-electron chi connectivity index (χ2n) is 9.66. The van der Waals surface area contributed by atoms with Crippen molar-refractivity contribution in [3.05, 3.63) is 89.2 Å². The Morgan fingerprint density at radius 3 is 2.74 bits per heavy atom. The number of thiazole rings is 1. The molecule has 1 aromatic carbocycles. The van der Waals surface area contributed by atoms with Gasteiger partial charge in [-0.05, 0) is 66.9 Å². The summed E-state index contributed by atoms with van der Waals surface area (Å²) in [5.74, 6) is -0.903. The third-order valence-electron chi connectivity index (χ3n) is 7.02. The highest BCUT2D eigenvalue weighted by atomic mass is 32.1. The van der Waals surface area contributed by atoms with Crippen molar-refractivity contribution in [2.45, 2.75) is 25.4 Å². The van der Waals surface area contributed by atoms with Gasteiger partial charge in [-0.1, -0.05) is 0 Å². The number of aromatic nitrogens is 3. The molecule has 5 heterocycles. The third kappa shape index (κ3) is 5.55. The molecule has 2 saturated heterocycles. The molecule has 11 heteroatoms. The average molecular weight is 547 g/mol. The Morgan fingerprint density at radius 1 is 1.13 bits per heavy atom. The van der Waals surface area contributed by atoms with Crippen LogP contribution in [0.2, 0.25) is 0 Å². The van der Waals surface area contributed by atoms with Gasteiger partial charge in [0, 0.05) is 42.2 Å². The van der Waals surface area contributed by atoms with E-state index in [1.807, 2.05) is 29.6 Å². The van der Waals surface area contributed by atoms with Crippen LogP contribution in [0.1, 0.15) is 40.6 Å². The Hall–Kier alpha value is -4.09. The minimum Gasteiger partial charge on any atom is -0.380 e. The van der Waals surface area contributed by atoms with Crippen LogP contribution in [0.15, 0.2) is 66.3 Å². The maximum atomic E-state index is 13.5. The van der Waals surface area contributed by atoms with Crippen LogP contribution >= 0.6 is 11.3 Å². The summed E-state index contributed by atoms with van der Waals surface area (Å²) >= 11 is 1.40. The molecule has 2 aliphatic rings. The highest BCUT2D eigenvalue weighted by molar-refractivity contribution is 7.14. The summed E-state index contributed by atoms with van der Waals surface area (Å²) in [6.07, 6.45) is 5.20. The lowest BCUT2D eigenvalue weighted by Crippen LogP contribution is -2.38. The monoisotopic (exact) mass is 546 g/mol. The second kappa shape index (κ2) is 11.0. The Kier molecular flexibility index (Phi) is 7.08. The van der Waals surface area contributed by atoms with Crippen molar-refractivity contribution in [3.8, 4) is 0 Å². The zero-order valence-corrected chi connectivity index (χ0v) is 21.9. The van der Waals surface area contributed by atoms with E-state index < -0.39 is 5.95 Å². The number of ether oxygens (including phenoxy) is 1. The number of nitrogens with zero attached hydrogens (tertiary/aromatic N) is 4. The summed E-state index contributed by atoms with van der Waals surface area (Å²) in [4.78, 5) is 35.9. The van der Waals surface area contributed by atoms with Gasteiger partial charge in [0.2, 0.25) is 11.9 Å². The number of halogens is 1. The van der Waals surface area contributed by atoms with Gasteiger partial charge in [-0.25, -0.2) is 9.97 Å². The van der Waals surface area contributed by atoms with Crippen molar-refractivity contribution in [1.29, 1.82) is 0 Å². The molecule has 0 spiro atoms. The van der Waals surface area contributed by atoms with Crippen molar-refractivity contribution in [3.63, 3.8) is 0 Å². The van der Waals surface area contributed by atoms with E-state index in [1.165, 1.54) is 23.6 Å². The number of rotatable bonds is 8. The van der Waals surface area contributed by atoms with Crippen LogP contribution in [0.3, 0.4) is 0 Å². The highest BCUT2D eigenvalue weighted by Crippen LogP contribution is 2.37. The fourth-order valence-electron chi connectivity index (χ4n) is 4.90. The van der Waals surface area contributed by atoms with Gasteiger partial charge in [0.1, 0.15) is 5.69 Å². The number of carbonyl (C=O) groups excluding carboxylic acids is 2. The van der Waals surface area contributed by atoms with E-state index in [9.17, 15) is 14.0 Å². The molecule has 200 valence electrons. The van der Waals surface area contributed by atoms with Crippen LogP contribution in [0.4, 0.5) is 20.9 Å². The van der Waals surface area contributed by atoms with Gasteiger partial charge in [0.05, 0.1) is 30.9 Å². The van der Waals surface area contributed by atoms with Crippen molar-refractivity contribution in [2.75, 3.05) is 35.3 Å². The average Bonchev–Trinajstić information content (AvgIpc) is 3.64. The van der Waals surface area contributed by atoms with Crippen LogP contribution in [-0.4, -0.2) is 46.1 Å². The van der Waals surface area contributed by atoms with E-state index in [-0.39, 0.29) is 23.8 Å². The highest BCUT2D eigenvalue weighted by Gasteiger charge is 2.29. The number of hydrogen-bond acceptors (Lipinski definition) is 7. The second-order valence-corrected chi connectivity index (χ2v) is 10.5. The van der Waals surface area contributed by atoms with Crippen molar-refractivity contribution in [1.82, 2.24) is 14.5 Å². The smallest absolute Gasteiger partial charge is 0.274 e. The van der Waals surface area contributed by atoms with Gasteiger partial charge in [0.15, 0.2) is 5.13 Å². The number of pyridine rings is 1. The number of carbonyl (C=O) groups is 2. The molecule has 0 aliphatic carbocycles. The Balaban J connectivity index is 1.10. The lowest BCUT2D eigenvalue weighted by molar-refractivity contribution is -0.133. The molecule has 2 N–H and O–H groups in total. The number of hydrogen-bond donors (Lipinski definition) is 2. The number of benzene rings is 1. The molecule has 9 nitrogen and oxygen atoms in total. The standard InChI is InChI=1S/C28H27FN6O3S/c29-25-13-18(9-10-30-25)14-34-11-1-4-24(34)27(37)33-28-32-22(17-39-28)23-3-2-12-35(23)21-7-5-20(6-8-21)31-26(36)19-15-38-16-19/h1,4-11,13,17,19,23H,2-3,12,14-16H2,(H,31,36)(H,32,33,37)/t23-/m1/s1. The molecular weight excluding hydrogens is 519 g/mol. The maximum absolute atomic E-state index is 13.5. The van der Waals surface area contributed by atoms with E-state index in [0.29, 0.717) is 36.1 Å². The Labute approximate surface area is 228 Å². The lowest BCUT2D eigenvalue weighted by atomic mass is 10.1.